The molecular weight excluding hydrogens is 390 g/mol. The first kappa shape index (κ1) is 17.1. The zero-order valence-corrected chi connectivity index (χ0v) is 15.5. The summed E-state index contributed by atoms with van der Waals surface area (Å²) in [7, 11) is 0. The smallest absolute Gasteiger partial charge is 0.293 e. The second kappa shape index (κ2) is 7.90. The lowest BCUT2D eigenvalue weighted by Crippen LogP contribution is -2.32. The van der Waals surface area contributed by atoms with Crippen LogP contribution in [0.5, 0.6) is 0 Å². The molecule has 2 aromatic rings. The average molecular weight is 408 g/mol. The maximum atomic E-state index is 11.1. The standard InChI is InChI=1S/C17H18BrN3O2S/c18-14-3-6-16(17(11-14)21(22)23)19-12-13-1-4-15(5-2-13)20-7-9-24-10-8-20/h1-6,11,19H,7-10,12H2. The third-order valence-corrected chi connectivity index (χ3v) is 5.39. The van der Waals surface area contributed by atoms with Gasteiger partial charge in [-0.05, 0) is 29.8 Å². The number of nitro benzene ring substituents is 1. The van der Waals surface area contributed by atoms with E-state index in [4.69, 9.17) is 0 Å². The molecule has 1 fully saturated rings. The minimum atomic E-state index is -0.370. The van der Waals surface area contributed by atoms with Gasteiger partial charge < -0.3 is 10.2 Å². The molecule has 126 valence electrons. The predicted molar refractivity (Wildman–Crippen MR) is 104 cm³/mol. The Kier molecular flexibility index (Phi) is 5.63. The molecule has 0 unspecified atom stereocenters. The minimum absolute atomic E-state index is 0.0758. The fraction of sp³-hybridized carbons (Fsp3) is 0.294. The number of anilines is 2. The van der Waals surface area contributed by atoms with Gasteiger partial charge in [-0.15, -0.1) is 0 Å². The van der Waals surface area contributed by atoms with Gasteiger partial charge in [0.2, 0.25) is 0 Å². The third kappa shape index (κ3) is 4.21. The van der Waals surface area contributed by atoms with Crippen LogP contribution in [0.1, 0.15) is 5.56 Å². The molecule has 2 aromatic carbocycles. The zero-order chi connectivity index (χ0) is 16.9. The van der Waals surface area contributed by atoms with Crippen molar-refractivity contribution in [3.05, 3.63) is 62.6 Å². The molecule has 1 N–H and O–H groups in total. The van der Waals surface area contributed by atoms with E-state index in [1.165, 1.54) is 23.3 Å². The van der Waals surface area contributed by atoms with E-state index in [0.717, 1.165) is 18.7 Å². The van der Waals surface area contributed by atoms with Gasteiger partial charge in [0, 0.05) is 47.4 Å². The Morgan fingerprint density at radius 3 is 2.54 bits per heavy atom. The SMILES string of the molecule is O=[N+]([O-])c1cc(Br)ccc1NCc1ccc(N2CCSCC2)cc1. The van der Waals surface area contributed by atoms with Gasteiger partial charge in [-0.25, -0.2) is 0 Å². The summed E-state index contributed by atoms with van der Waals surface area (Å²) in [5.74, 6) is 2.35. The monoisotopic (exact) mass is 407 g/mol. The van der Waals surface area contributed by atoms with Crippen molar-refractivity contribution in [1.82, 2.24) is 0 Å². The fourth-order valence-electron chi connectivity index (χ4n) is 2.65. The quantitative estimate of drug-likeness (QED) is 0.582. The van der Waals surface area contributed by atoms with Crippen LogP contribution in [0.4, 0.5) is 17.1 Å². The van der Waals surface area contributed by atoms with Crippen molar-refractivity contribution in [3.63, 3.8) is 0 Å². The summed E-state index contributed by atoms with van der Waals surface area (Å²) in [5, 5.41) is 14.3. The Balaban J connectivity index is 1.66. The lowest BCUT2D eigenvalue weighted by molar-refractivity contribution is -0.384. The molecule has 1 aliphatic rings. The van der Waals surface area contributed by atoms with Crippen molar-refractivity contribution in [3.8, 4) is 0 Å². The van der Waals surface area contributed by atoms with Crippen molar-refractivity contribution in [2.75, 3.05) is 34.8 Å². The van der Waals surface area contributed by atoms with Crippen molar-refractivity contribution in [1.29, 1.82) is 0 Å². The first-order chi connectivity index (χ1) is 11.6. The molecule has 1 heterocycles. The van der Waals surface area contributed by atoms with Crippen LogP contribution in [0.3, 0.4) is 0 Å². The van der Waals surface area contributed by atoms with Crippen molar-refractivity contribution >= 4 is 44.8 Å². The largest absolute Gasteiger partial charge is 0.375 e. The van der Waals surface area contributed by atoms with Crippen LogP contribution in [-0.4, -0.2) is 29.5 Å². The summed E-state index contributed by atoms with van der Waals surface area (Å²) >= 11 is 5.26. The Morgan fingerprint density at radius 1 is 1.17 bits per heavy atom. The van der Waals surface area contributed by atoms with Gasteiger partial charge in [-0.1, -0.05) is 28.1 Å². The van der Waals surface area contributed by atoms with Gasteiger partial charge in [0.1, 0.15) is 5.69 Å². The average Bonchev–Trinajstić information content (AvgIpc) is 2.62. The number of nitro groups is 1. The van der Waals surface area contributed by atoms with E-state index in [2.05, 4.69) is 50.4 Å². The zero-order valence-electron chi connectivity index (χ0n) is 13.1. The molecule has 0 radical (unpaired) electrons. The Bertz CT molecular complexity index is 718. The van der Waals surface area contributed by atoms with Crippen LogP contribution in [-0.2, 0) is 6.54 Å². The molecule has 1 saturated heterocycles. The molecule has 3 rings (SSSR count). The van der Waals surface area contributed by atoms with Crippen molar-refractivity contribution < 1.29 is 4.92 Å². The summed E-state index contributed by atoms with van der Waals surface area (Å²) in [6, 6.07) is 13.4. The normalized spacial score (nSPS) is 14.5. The lowest BCUT2D eigenvalue weighted by Gasteiger charge is -2.28. The van der Waals surface area contributed by atoms with Crippen LogP contribution in [0, 0.1) is 10.1 Å². The molecule has 0 aromatic heterocycles. The van der Waals surface area contributed by atoms with Crippen LogP contribution < -0.4 is 10.2 Å². The van der Waals surface area contributed by atoms with Gasteiger partial charge in [-0.2, -0.15) is 11.8 Å². The van der Waals surface area contributed by atoms with Crippen LogP contribution in [0.2, 0.25) is 0 Å². The van der Waals surface area contributed by atoms with E-state index in [1.54, 1.807) is 12.1 Å². The first-order valence-electron chi connectivity index (χ1n) is 7.73. The Hall–Kier alpha value is -1.73. The number of hydrogen-bond donors (Lipinski definition) is 1. The number of halogens is 1. The summed E-state index contributed by atoms with van der Waals surface area (Å²) in [5.41, 5.74) is 2.95. The first-order valence-corrected chi connectivity index (χ1v) is 9.68. The highest BCUT2D eigenvalue weighted by molar-refractivity contribution is 9.10. The van der Waals surface area contributed by atoms with Crippen LogP contribution >= 0.6 is 27.7 Å². The maximum absolute atomic E-state index is 11.1. The van der Waals surface area contributed by atoms with E-state index in [0.29, 0.717) is 16.7 Å². The molecule has 1 aliphatic heterocycles. The van der Waals surface area contributed by atoms with Crippen LogP contribution in [0.25, 0.3) is 0 Å². The minimum Gasteiger partial charge on any atom is -0.375 e. The lowest BCUT2D eigenvalue weighted by atomic mass is 10.2. The van der Waals surface area contributed by atoms with E-state index >= 15 is 0 Å². The highest BCUT2D eigenvalue weighted by Crippen LogP contribution is 2.28. The van der Waals surface area contributed by atoms with Gasteiger partial charge in [0.25, 0.3) is 5.69 Å². The summed E-state index contributed by atoms with van der Waals surface area (Å²) in [6.07, 6.45) is 0. The Labute approximate surface area is 153 Å². The second-order valence-electron chi connectivity index (χ2n) is 5.54. The number of rotatable bonds is 5. The van der Waals surface area contributed by atoms with Crippen molar-refractivity contribution in [2.24, 2.45) is 0 Å². The van der Waals surface area contributed by atoms with Gasteiger partial charge in [0.15, 0.2) is 0 Å². The topological polar surface area (TPSA) is 58.4 Å². The molecule has 24 heavy (non-hydrogen) atoms. The molecule has 0 saturated carbocycles. The molecule has 7 heteroatoms. The number of hydrogen-bond acceptors (Lipinski definition) is 5. The molecule has 0 bridgehead atoms. The van der Waals surface area contributed by atoms with Gasteiger partial charge in [0.05, 0.1) is 4.92 Å². The summed E-state index contributed by atoms with van der Waals surface area (Å²) in [4.78, 5) is 13.2. The molecule has 5 nitrogen and oxygen atoms in total. The molecule has 0 amide bonds. The van der Waals surface area contributed by atoms with E-state index < -0.39 is 0 Å². The molecule has 0 spiro atoms. The number of nitrogens with zero attached hydrogens (tertiary/aromatic N) is 2. The summed E-state index contributed by atoms with van der Waals surface area (Å²) in [6.45, 7) is 2.74. The maximum Gasteiger partial charge on any atom is 0.293 e. The molecular formula is C17H18BrN3O2S. The number of thioether (sulfide) groups is 1. The highest BCUT2D eigenvalue weighted by atomic mass is 79.9. The number of benzene rings is 2. The second-order valence-corrected chi connectivity index (χ2v) is 7.68. The highest BCUT2D eigenvalue weighted by Gasteiger charge is 2.14. The Morgan fingerprint density at radius 2 is 1.88 bits per heavy atom. The van der Waals surface area contributed by atoms with Gasteiger partial charge in [-0.3, -0.25) is 10.1 Å². The fourth-order valence-corrected chi connectivity index (χ4v) is 3.90. The molecule has 0 atom stereocenters. The predicted octanol–water partition coefficient (Wildman–Crippen LogP) is 4.52. The molecule has 0 aliphatic carbocycles. The van der Waals surface area contributed by atoms with Crippen molar-refractivity contribution in [2.45, 2.75) is 6.54 Å². The summed E-state index contributed by atoms with van der Waals surface area (Å²) < 4.78 is 0.698. The van der Waals surface area contributed by atoms with E-state index in [1.807, 2.05) is 11.8 Å². The van der Waals surface area contributed by atoms with E-state index in [9.17, 15) is 10.1 Å². The third-order valence-electron chi connectivity index (χ3n) is 3.95. The number of nitrogens with one attached hydrogen (secondary N) is 1. The van der Waals surface area contributed by atoms with Crippen LogP contribution in [0.15, 0.2) is 46.9 Å². The van der Waals surface area contributed by atoms with Gasteiger partial charge >= 0.3 is 0 Å². The van der Waals surface area contributed by atoms with E-state index in [-0.39, 0.29) is 10.6 Å².